The number of H-pyrrole nitrogens is 2. The van der Waals surface area contributed by atoms with Gasteiger partial charge in [-0.1, -0.05) is 37.1 Å². The molecular formula is C32H34N6. The van der Waals surface area contributed by atoms with Gasteiger partial charge >= 0.3 is 0 Å². The number of rotatable bonds is 4. The molecule has 0 spiro atoms. The number of nitrogens with zero attached hydrogens (tertiary/aromatic N) is 2. The first kappa shape index (κ1) is 21.7. The van der Waals surface area contributed by atoms with Crippen molar-refractivity contribution < 1.29 is 0 Å². The molecule has 192 valence electrons. The van der Waals surface area contributed by atoms with E-state index in [-0.39, 0.29) is 0 Å². The smallest absolute Gasteiger partial charge is 0.123 e. The lowest BCUT2D eigenvalue weighted by molar-refractivity contribution is 0.516. The molecule has 0 radical (unpaired) electrons. The van der Waals surface area contributed by atoms with Crippen LogP contribution < -0.4 is 10.6 Å². The van der Waals surface area contributed by atoms with Gasteiger partial charge in [-0.15, -0.1) is 0 Å². The highest BCUT2D eigenvalue weighted by molar-refractivity contribution is 6.04. The average Bonchev–Trinajstić information content (AvgIpc) is 3.74. The Morgan fingerprint density at radius 1 is 0.579 bits per heavy atom. The summed E-state index contributed by atoms with van der Waals surface area (Å²) < 4.78 is 0. The first-order chi connectivity index (χ1) is 18.8. The molecule has 4 heterocycles. The molecule has 4 fully saturated rings. The fourth-order valence-corrected chi connectivity index (χ4v) is 8.31. The Labute approximate surface area is 223 Å². The summed E-state index contributed by atoms with van der Waals surface area (Å²) in [7, 11) is 0. The Morgan fingerprint density at radius 3 is 1.55 bits per heavy atom. The van der Waals surface area contributed by atoms with Crippen LogP contribution in [0.3, 0.4) is 0 Å². The van der Waals surface area contributed by atoms with E-state index in [1.807, 2.05) is 12.4 Å². The molecule has 4 aromatic rings. The second kappa shape index (κ2) is 8.14. The fraction of sp³-hybridized carbons (Fsp3) is 0.438. The number of aromatic nitrogens is 4. The zero-order chi connectivity index (χ0) is 24.8. The van der Waals surface area contributed by atoms with Gasteiger partial charge in [-0.05, 0) is 84.7 Å². The lowest BCUT2D eigenvalue weighted by Crippen LogP contribution is -2.24. The molecule has 0 amide bonds. The standard InChI is InChI=1S/C32H34N6/c1-3-17-13-27(35-25(17)5-1)31-33-15-29(37-31)19-7-9-21-23(11-19)22-10-8-20(12-24(21)22)30-16-34-32(38-30)28-14-18-4-2-6-26(18)36-28/h7-12,15-18,25-28,35-36H,1-6,13-14H2,(H,33,37)(H,34,38). The molecule has 6 heteroatoms. The van der Waals surface area contributed by atoms with E-state index in [1.54, 1.807) is 0 Å². The van der Waals surface area contributed by atoms with E-state index in [4.69, 9.17) is 9.97 Å². The van der Waals surface area contributed by atoms with E-state index in [0.717, 1.165) is 34.9 Å². The highest BCUT2D eigenvalue weighted by Gasteiger charge is 2.39. The zero-order valence-corrected chi connectivity index (χ0v) is 21.6. The first-order valence-electron chi connectivity index (χ1n) is 14.7. The third-order valence-electron chi connectivity index (χ3n) is 10.3. The van der Waals surface area contributed by atoms with E-state index in [2.05, 4.69) is 57.0 Å². The van der Waals surface area contributed by atoms with Crippen molar-refractivity contribution in [2.75, 3.05) is 0 Å². The lowest BCUT2D eigenvalue weighted by Gasteiger charge is -2.25. The third kappa shape index (κ3) is 3.26. The topological polar surface area (TPSA) is 81.4 Å². The second-order valence-electron chi connectivity index (χ2n) is 12.4. The van der Waals surface area contributed by atoms with Gasteiger partial charge in [0.15, 0.2) is 0 Å². The number of hydrogen-bond acceptors (Lipinski definition) is 4. The summed E-state index contributed by atoms with van der Waals surface area (Å²) in [5, 5.41) is 7.64. The van der Waals surface area contributed by atoms with Gasteiger partial charge in [0.2, 0.25) is 0 Å². The summed E-state index contributed by atoms with van der Waals surface area (Å²) in [6, 6.07) is 15.8. The number of imidazole rings is 2. The average molecular weight is 503 g/mol. The van der Waals surface area contributed by atoms with Crippen LogP contribution in [0, 0.1) is 11.8 Å². The van der Waals surface area contributed by atoms with Crippen molar-refractivity contribution in [3.63, 3.8) is 0 Å². The van der Waals surface area contributed by atoms with Crippen molar-refractivity contribution in [1.82, 2.24) is 30.6 Å². The van der Waals surface area contributed by atoms with Gasteiger partial charge in [-0.25, -0.2) is 9.97 Å². The van der Waals surface area contributed by atoms with Crippen LogP contribution in [-0.2, 0) is 0 Å². The van der Waals surface area contributed by atoms with Gasteiger partial charge in [0, 0.05) is 23.2 Å². The van der Waals surface area contributed by atoms with Gasteiger partial charge in [-0.3, -0.25) is 0 Å². The van der Waals surface area contributed by atoms with Crippen LogP contribution in [0.4, 0.5) is 0 Å². The molecule has 6 nitrogen and oxygen atoms in total. The van der Waals surface area contributed by atoms with E-state index < -0.39 is 0 Å². The molecule has 38 heavy (non-hydrogen) atoms. The van der Waals surface area contributed by atoms with Crippen LogP contribution >= 0.6 is 0 Å². The number of nitrogens with one attached hydrogen (secondary N) is 4. The maximum Gasteiger partial charge on any atom is 0.123 e. The normalized spacial score (nSPS) is 30.6. The SMILES string of the molecule is c1cc2c(cc1-c1cnc(C3CC4CCCC4N3)[nH]1)-c1ccc(-c3cnc(C4CC5CCCC5N4)[nH]3)cc1-2. The molecule has 6 unspecified atom stereocenters. The van der Waals surface area contributed by atoms with Crippen molar-refractivity contribution in [3.8, 4) is 44.8 Å². The molecule has 2 aliphatic heterocycles. The Hall–Kier alpha value is -3.22. The number of benzene rings is 2. The summed E-state index contributed by atoms with van der Waals surface area (Å²) >= 11 is 0. The molecular weight excluding hydrogens is 468 g/mol. The highest BCUT2D eigenvalue weighted by Crippen LogP contribution is 2.50. The van der Waals surface area contributed by atoms with Crippen molar-refractivity contribution in [3.05, 3.63) is 60.4 Å². The fourth-order valence-electron chi connectivity index (χ4n) is 8.31. The maximum absolute atomic E-state index is 4.78. The monoisotopic (exact) mass is 502 g/mol. The van der Waals surface area contributed by atoms with E-state index in [9.17, 15) is 0 Å². The zero-order valence-electron chi connectivity index (χ0n) is 21.6. The van der Waals surface area contributed by atoms with Crippen LogP contribution in [-0.4, -0.2) is 32.0 Å². The van der Waals surface area contributed by atoms with Crippen molar-refractivity contribution >= 4 is 0 Å². The van der Waals surface area contributed by atoms with Gasteiger partial charge in [0.25, 0.3) is 0 Å². The van der Waals surface area contributed by atoms with E-state index >= 15 is 0 Å². The molecule has 4 N–H and O–H groups in total. The highest BCUT2D eigenvalue weighted by atomic mass is 15.1. The molecule has 2 aromatic carbocycles. The number of aromatic amines is 2. The first-order valence-corrected chi connectivity index (χ1v) is 14.7. The van der Waals surface area contributed by atoms with E-state index in [0.29, 0.717) is 24.2 Å². The van der Waals surface area contributed by atoms with Crippen molar-refractivity contribution in [2.45, 2.75) is 75.5 Å². The Kier molecular flexibility index (Phi) is 4.64. The van der Waals surface area contributed by atoms with Gasteiger partial charge in [-0.2, -0.15) is 0 Å². The quantitative estimate of drug-likeness (QED) is 0.226. The molecule has 2 saturated heterocycles. The molecule has 5 aliphatic rings. The Balaban J connectivity index is 0.939. The van der Waals surface area contributed by atoms with Crippen LogP contribution in [0.25, 0.3) is 44.8 Å². The minimum atomic E-state index is 0.372. The van der Waals surface area contributed by atoms with E-state index in [1.165, 1.54) is 84.7 Å². The Bertz CT molecular complexity index is 1390. The van der Waals surface area contributed by atoms with Gasteiger partial charge < -0.3 is 20.6 Å². The summed E-state index contributed by atoms with van der Waals surface area (Å²) in [5.74, 6) is 3.85. The largest absolute Gasteiger partial charge is 0.341 e. The van der Waals surface area contributed by atoms with Crippen molar-refractivity contribution in [2.24, 2.45) is 11.8 Å². The van der Waals surface area contributed by atoms with Crippen LogP contribution in [0.5, 0.6) is 0 Å². The molecule has 3 aliphatic carbocycles. The van der Waals surface area contributed by atoms with Gasteiger partial charge in [0.05, 0.1) is 35.9 Å². The number of fused-ring (bicyclic) bond motifs is 6. The van der Waals surface area contributed by atoms with Crippen LogP contribution in [0.15, 0.2) is 48.8 Å². The lowest BCUT2D eigenvalue weighted by atomic mass is 9.78. The Morgan fingerprint density at radius 2 is 1.08 bits per heavy atom. The maximum atomic E-state index is 4.78. The summed E-state index contributed by atoms with van der Waals surface area (Å²) in [6.07, 6.45) is 14.6. The predicted octanol–water partition coefficient (Wildman–Crippen LogP) is 6.52. The molecule has 2 saturated carbocycles. The second-order valence-corrected chi connectivity index (χ2v) is 12.4. The summed E-state index contributed by atoms with van der Waals surface area (Å²) in [5.41, 5.74) is 9.98. The van der Waals surface area contributed by atoms with Gasteiger partial charge in [0.1, 0.15) is 11.6 Å². The minimum absolute atomic E-state index is 0.372. The van der Waals surface area contributed by atoms with Crippen molar-refractivity contribution in [1.29, 1.82) is 0 Å². The summed E-state index contributed by atoms with van der Waals surface area (Å²) in [4.78, 5) is 16.8. The molecule has 6 atom stereocenters. The van der Waals surface area contributed by atoms with Crippen LogP contribution in [0.2, 0.25) is 0 Å². The molecule has 0 bridgehead atoms. The molecule has 9 rings (SSSR count). The number of hydrogen-bond donors (Lipinski definition) is 4. The predicted molar refractivity (Wildman–Crippen MR) is 149 cm³/mol. The third-order valence-corrected chi connectivity index (χ3v) is 10.3. The van der Waals surface area contributed by atoms with Crippen LogP contribution in [0.1, 0.15) is 75.1 Å². The molecule has 2 aromatic heterocycles. The minimum Gasteiger partial charge on any atom is -0.341 e. The summed E-state index contributed by atoms with van der Waals surface area (Å²) in [6.45, 7) is 0.